The van der Waals surface area contributed by atoms with Gasteiger partial charge < -0.3 is 14.7 Å². The van der Waals surface area contributed by atoms with Crippen LogP contribution in [0.25, 0.3) is 0 Å². The van der Waals surface area contributed by atoms with Crippen LogP contribution in [0.4, 0.5) is 0 Å². The smallest absolute Gasteiger partial charge is 0.334 e. The Kier molecular flexibility index (Phi) is 5.58. The van der Waals surface area contributed by atoms with E-state index in [9.17, 15) is 18.0 Å². The number of carboxylic acids is 1. The van der Waals surface area contributed by atoms with E-state index in [2.05, 4.69) is 4.72 Å². The van der Waals surface area contributed by atoms with Gasteiger partial charge in [0.2, 0.25) is 10.0 Å². The Bertz CT molecular complexity index is 731. The molecule has 1 aliphatic heterocycles. The van der Waals surface area contributed by atoms with Gasteiger partial charge >= 0.3 is 5.97 Å². The summed E-state index contributed by atoms with van der Waals surface area (Å²) in [6.07, 6.45) is -1.07. The lowest BCUT2D eigenvalue weighted by atomic mass is 10.1. The van der Waals surface area contributed by atoms with Crippen molar-refractivity contribution in [2.24, 2.45) is 0 Å². The van der Waals surface area contributed by atoms with Crippen LogP contribution in [0.2, 0.25) is 0 Å². The molecule has 2 N–H and O–H groups in total. The molecule has 1 amide bonds. The van der Waals surface area contributed by atoms with E-state index in [0.717, 1.165) is 0 Å². The van der Waals surface area contributed by atoms with Gasteiger partial charge in [-0.05, 0) is 32.0 Å². The Balaban J connectivity index is 2.22. The van der Waals surface area contributed by atoms with Crippen molar-refractivity contribution in [3.63, 3.8) is 0 Å². The summed E-state index contributed by atoms with van der Waals surface area (Å²) in [6, 6.07) is 5.41. The first-order chi connectivity index (χ1) is 11.2. The second-order valence-electron chi connectivity index (χ2n) is 5.75. The van der Waals surface area contributed by atoms with Crippen LogP contribution in [0.3, 0.4) is 0 Å². The Morgan fingerprint density at radius 1 is 1.38 bits per heavy atom. The molecule has 1 saturated heterocycles. The molecule has 0 aromatic heterocycles. The fourth-order valence-electron chi connectivity index (χ4n) is 2.34. The summed E-state index contributed by atoms with van der Waals surface area (Å²) in [4.78, 5) is 24.9. The zero-order valence-electron chi connectivity index (χ0n) is 13.4. The van der Waals surface area contributed by atoms with E-state index < -0.39 is 28.0 Å². The minimum atomic E-state index is -3.71. The molecule has 0 saturated carbocycles. The highest BCUT2D eigenvalue weighted by Crippen LogP contribution is 2.16. The highest BCUT2D eigenvalue weighted by atomic mass is 32.2. The Hall–Kier alpha value is -1.97. The van der Waals surface area contributed by atoms with Crippen molar-refractivity contribution < 1.29 is 27.9 Å². The average molecular weight is 356 g/mol. The van der Waals surface area contributed by atoms with Crippen molar-refractivity contribution in [2.75, 3.05) is 19.7 Å². The van der Waals surface area contributed by atoms with Crippen LogP contribution in [-0.2, 0) is 19.6 Å². The molecule has 1 unspecified atom stereocenters. The first-order valence-corrected chi connectivity index (χ1v) is 8.95. The van der Waals surface area contributed by atoms with Crippen LogP contribution in [0.5, 0.6) is 0 Å². The molecule has 2 rings (SSSR count). The topological polar surface area (TPSA) is 113 Å². The highest BCUT2D eigenvalue weighted by molar-refractivity contribution is 7.89. The van der Waals surface area contributed by atoms with E-state index in [0.29, 0.717) is 0 Å². The molecule has 0 bridgehead atoms. The summed E-state index contributed by atoms with van der Waals surface area (Å²) in [5.41, 5.74) is 0.188. The highest BCUT2D eigenvalue weighted by Gasteiger charge is 2.30. The molecule has 1 atom stereocenters. The predicted molar refractivity (Wildman–Crippen MR) is 85.2 cm³/mol. The minimum absolute atomic E-state index is 0.00917. The zero-order valence-corrected chi connectivity index (χ0v) is 14.2. The maximum atomic E-state index is 12.5. The molecule has 132 valence electrons. The van der Waals surface area contributed by atoms with Gasteiger partial charge in [-0.2, -0.15) is 0 Å². The third kappa shape index (κ3) is 4.31. The summed E-state index contributed by atoms with van der Waals surface area (Å²) < 4.78 is 31.9. The monoisotopic (exact) mass is 356 g/mol. The number of sulfonamides is 1. The van der Waals surface area contributed by atoms with Crippen molar-refractivity contribution in [3.8, 4) is 0 Å². The van der Waals surface area contributed by atoms with Gasteiger partial charge in [0.25, 0.3) is 5.91 Å². The Morgan fingerprint density at radius 3 is 2.71 bits per heavy atom. The van der Waals surface area contributed by atoms with Gasteiger partial charge in [0.15, 0.2) is 6.10 Å². The number of rotatable bonds is 5. The first kappa shape index (κ1) is 18.4. The van der Waals surface area contributed by atoms with Crippen LogP contribution in [0.1, 0.15) is 24.2 Å². The van der Waals surface area contributed by atoms with E-state index in [4.69, 9.17) is 9.84 Å². The number of nitrogens with zero attached hydrogens (tertiary/aromatic N) is 1. The molecule has 1 heterocycles. The van der Waals surface area contributed by atoms with Gasteiger partial charge in [0.1, 0.15) is 0 Å². The predicted octanol–water partition coefficient (Wildman–Crippen LogP) is 0.299. The SMILES string of the molecule is CC(C)NS(=O)(=O)c1cccc(C(=O)N2CCOC(C(=O)O)C2)c1. The zero-order chi connectivity index (χ0) is 17.9. The summed E-state index contributed by atoms with van der Waals surface area (Å²) >= 11 is 0. The minimum Gasteiger partial charge on any atom is -0.479 e. The van der Waals surface area contributed by atoms with Gasteiger partial charge in [0, 0.05) is 18.2 Å². The number of ether oxygens (including phenoxy) is 1. The molecule has 1 aromatic rings. The van der Waals surface area contributed by atoms with E-state index in [1.54, 1.807) is 13.8 Å². The molecule has 1 aliphatic rings. The van der Waals surface area contributed by atoms with Gasteiger partial charge in [-0.15, -0.1) is 0 Å². The largest absolute Gasteiger partial charge is 0.479 e. The van der Waals surface area contributed by atoms with E-state index >= 15 is 0 Å². The third-order valence-corrected chi connectivity index (χ3v) is 5.07. The molecule has 0 radical (unpaired) electrons. The van der Waals surface area contributed by atoms with Crippen molar-refractivity contribution in [1.29, 1.82) is 0 Å². The number of hydrogen-bond acceptors (Lipinski definition) is 5. The standard InChI is InChI=1S/C15H20N2O6S/c1-10(2)16-24(21,22)12-5-3-4-11(8-12)14(18)17-6-7-23-13(9-17)15(19)20/h3-5,8,10,13,16H,6-7,9H2,1-2H3,(H,19,20). The first-order valence-electron chi connectivity index (χ1n) is 7.47. The molecule has 0 spiro atoms. The number of nitrogens with one attached hydrogen (secondary N) is 1. The Labute approximate surface area is 140 Å². The van der Waals surface area contributed by atoms with Crippen LogP contribution in [-0.4, -0.2) is 62.1 Å². The summed E-state index contributed by atoms with van der Waals surface area (Å²) in [6.45, 7) is 3.70. The van der Waals surface area contributed by atoms with Crippen LogP contribution in [0.15, 0.2) is 29.2 Å². The fraction of sp³-hybridized carbons (Fsp3) is 0.467. The summed E-state index contributed by atoms with van der Waals surface area (Å²) in [5.74, 6) is -1.56. The van der Waals surface area contributed by atoms with Crippen molar-refractivity contribution in [1.82, 2.24) is 9.62 Å². The molecular weight excluding hydrogens is 336 g/mol. The second-order valence-corrected chi connectivity index (χ2v) is 7.47. The van der Waals surface area contributed by atoms with E-state index in [-0.39, 0.29) is 36.2 Å². The van der Waals surface area contributed by atoms with Gasteiger partial charge in [-0.1, -0.05) is 6.07 Å². The van der Waals surface area contributed by atoms with Crippen molar-refractivity contribution in [2.45, 2.75) is 30.9 Å². The van der Waals surface area contributed by atoms with Crippen LogP contribution >= 0.6 is 0 Å². The molecule has 24 heavy (non-hydrogen) atoms. The molecule has 1 aromatic carbocycles. The number of morpholine rings is 1. The average Bonchev–Trinajstić information content (AvgIpc) is 2.53. The molecule has 8 nitrogen and oxygen atoms in total. The third-order valence-electron chi connectivity index (χ3n) is 3.41. The van der Waals surface area contributed by atoms with Crippen molar-refractivity contribution >= 4 is 21.9 Å². The number of carboxylic acid groups (broad SMARTS) is 1. The van der Waals surface area contributed by atoms with Crippen LogP contribution < -0.4 is 4.72 Å². The molecule has 9 heteroatoms. The lowest BCUT2D eigenvalue weighted by molar-refractivity contribution is -0.154. The fourth-order valence-corrected chi connectivity index (χ4v) is 3.64. The maximum absolute atomic E-state index is 12.5. The quantitative estimate of drug-likeness (QED) is 0.784. The number of carbonyl (C=O) groups is 2. The van der Waals surface area contributed by atoms with Gasteiger partial charge in [-0.3, -0.25) is 4.79 Å². The molecule has 0 aliphatic carbocycles. The van der Waals surface area contributed by atoms with Gasteiger partial charge in [-0.25, -0.2) is 17.9 Å². The molecule has 1 fully saturated rings. The lowest BCUT2D eigenvalue weighted by Gasteiger charge is -2.31. The number of benzene rings is 1. The number of carbonyl (C=O) groups excluding carboxylic acids is 1. The van der Waals surface area contributed by atoms with E-state index in [1.165, 1.54) is 29.2 Å². The lowest BCUT2D eigenvalue weighted by Crippen LogP contribution is -2.48. The van der Waals surface area contributed by atoms with Crippen molar-refractivity contribution in [3.05, 3.63) is 29.8 Å². The summed E-state index contributed by atoms with van der Waals surface area (Å²) in [5, 5.41) is 8.99. The Morgan fingerprint density at radius 2 is 2.08 bits per heavy atom. The normalized spacial score (nSPS) is 18.6. The number of hydrogen-bond donors (Lipinski definition) is 2. The number of amides is 1. The van der Waals surface area contributed by atoms with E-state index in [1.807, 2.05) is 0 Å². The second kappa shape index (κ2) is 7.29. The number of aliphatic carboxylic acids is 1. The molecular formula is C15H20N2O6S. The van der Waals surface area contributed by atoms with Gasteiger partial charge in [0.05, 0.1) is 18.0 Å². The maximum Gasteiger partial charge on any atom is 0.334 e. The van der Waals surface area contributed by atoms with Crippen LogP contribution in [0, 0.1) is 0 Å². The summed E-state index contributed by atoms with van der Waals surface area (Å²) in [7, 11) is -3.71.